The molecular formula is C15H13F2N3O3. The van der Waals surface area contributed by atoms with Gasteiger partial charge in [-0.15, -0.1) is 0 Å². The van der Waals surface area contributed by atoms with E-state index in [2.05, 4.69) is 0 Å². The quantitative estimate of drug-likeness (QED) is 0.289. The Labute approximate surface area is 129 Å². The Hall–Kier alpha value is -3.13. The molecule has 0 saturated heterocycles. The number of aliphatic carboxylic acids is 1. The molecule has 120 valence electrons. The molecule has 2 rings (SSSR count). The summed E-state index contributed by atoms with van der Waals surface area (Å²) < 4.78 is 32.2. The molecule has 0 aliphatic carbocycles. The standard InChI is InChI=1S/C15H13F2N3O3/c16-11-3-1-2-10(12(11)17)8-4-6-9(7-5-8)23-14(20-19)13(18)15(21)22/h1-7,20H,18-19H2,(H,21,22)/b14-13+. The molecule has 0 radical (unpaired) electrons. The summed E-state index contributed by atoms with van der Waals surface area (Å²) in [5, 5.41) is 8.78. The number of carboxylic acid groups (broad SMARTS) is 1. The monoisotopic (exact) mass is 321 g/mol. The molecule has 23 heavy (non-hydrogen) atoms. The number of benzene rings is 2. The van der Waals surface area contributed by atoms with Gasteiger partial charge in [-0.2, -0.15) is 0 Å². The molecule has 0 heterocycles. The number of nitrogens with two attached hydrogens (primary N) is 2. The van der Waals surface area contributed by atoms with Gasteiger partial charge in [-0.1, -0.05) is 24.3 Å². The van der Waals surface area contributed by atoms with Crippen molar-refractivity contribution in [1.29, 1.82) is 0 Å². The lowest BCUT2D eigenvalue weighted by Gasteiger charge is -2.11. The highest BCUT2D eigenvalue weighted by molar-refractivity contribution is 5.85. The topological polar surface area (TPSA) is 111 Å². The van der Waals surface area contributed by atoms with Crippen molar-refractivity contribution in [2.75, 3.05) is 0 Å². The van der Waals surface area contributed by atoms with Crippen molar-refractivity contribution in [3.8, 4) is 16.9 Å². The van der Waals surface area contributed by atoms with Gasteiger partial charge in [0, 0.05) is 5.56 Å². The van der Waals surface area contributed by atoms with Gasteiger partial charge >= 0.3 is 5.97 Å². The van der Waals surface area contributed by atoms with E-state index in [0.29, 0.717) is 5.56 Å². The van der Waals surface area contributed by atoms with Crippen LogP contribution in [0.3, 0.4) is 0 Å². The zero-order valence-corrected chi connectivity index (χ0v) is 11.7. The lowest BCUT2D eigenvalue weighted by atomic mass is 10.0. The van der Waals surface area contributed by atoms with E-state index >= 15 is 0 Å². The van der Waals surface area contributed by atoms with E-state index in [4.69, 9.17) is 21.4 Å². The van der Waals surface area contributed by atoms with E-state index in [1.54, 1.807) is 0 Å². The highest BCUT2D eigenvalue weighted by Gasteiger charge is 2.13. The second-order valence-electron chi connectivity index (χ2n) is 4.42. The minimum atomic E-state index is -1.41. The minimum absolute atomic E-state index is 0.0920. The van der Waals surface area contributed by atoms with Gasteiger partial charge in [-0.05, 0) is 23.8 Å². The highest BCUT2D eigenvalue weighted by Crippen LogP contribution is 2.26. The number of halogens is 2. The van der Waals surface area contributed by atoms with E-state index < -0.39 is 23.3 Å². The van der Waals surface area contributed by atoms with Gasteiger partial charge in [0.1, 0.15) is 5.75 Å². The fourth-order valence-corrected chi connectivity index (χ4v) is 1.81. The molecule has 6 nitrogen and oxygen atoms in total. The van der Waals surface area contributed by atoms with Crippen LogP contribution in [0, 0.1) is 11.6 Å². The molecule has 2 aromatic rings. The van der Waals surface area contributed by atoms with Gasteiger partial charge in [0.25, 0.3) is 0 Å². The van der Waals surface area contributed by atoms with Gasteiger partial charge < -0.3 is 15.6 Å². The second-order valence-corrected chi connectivity index (χ2v) is 4.42. The minimum Gasteiger partial charge on any atom is -0.476 e. The molecule has 0 fully saturated rings. The first-order valence-corrected chi connectivity index (χ1v) is 6.36. The van der Waals surface area contributed by atoms with Crippen LogP contribution >= 0.6 is 0 Å². The van der Waals surface area contributed by atoms with Crippen LogP contribution < -0.4 is 21.7 Å². The van der Waals surface area contributed by atoms with E-state index in [1.807, 2.05) is 5.43 Å². The maximum Gasteiger partial charge on any atom is 0.357 e. The van der Waals surface area contributed by atoms with Gasteiger partial charge in [0.2, 0.25) is 5.88 Å². The number of carbonyl (C=O) groups is 1. The molecule has 6 N–H and O–H groups in total. The predicted molar refractivity (Wildman–Crippen MR) is 78.6 cm³/mol. The average Bonchev–Trinajstić information content (AvgIpc) is 2.55. The Morgan fingerprint density at radius 2 is 1.78 bits per heavy atom. The van der Waals surface area contributed by atoms with Gasteiger partial charge in [-0.3, -0.25) is 5.43 Å². The molecule has 0 amide bonds. The third-order valence-electron chi connectivity index (χ3n) is 2.94. The average molecular weight is 321 g/mol. The molecule has 0 bridgehead atoms. The molecule has 2 aromatic carbocycles. The van der Waals surface area contributed by atoms with E-state index in [9.17, 15) is 13.6 Å². The first kappa shape index (κ1) is 16.2. The predicted octanol–water partition coefficient (Wildman–Crippen LogP) is 1.69. The normalized spacial score (nSPS) is 11.6. The number of rotatable bonds is 5. The van der Waals surface area contributed by atoms with Crippen LogP contribution in [0.25, 0.3) is 11.1 Å². The van der Waals surface area contributed by atoms with Crippen LogP contribution in [0.5, 0.6) is 5.75 Å². The van der Waals surface area contributed by atoms with Crippen molar-refractivity contribution in [3.05, 3.63) is 65.7 Å². The summed E-state index contributed by atoms with van der Waals surface area (Å²) in [6.07, 6.45) is 0. The summed E-state index contributed by atoms with van der Waals surface area (Å²) in [6, 6.07) is 9.69. The fourth-order valence-electron chi connectivity index (χ4n) is 1.81. The summed E-state index contributed by atoms with van der Waals surface area (Å²) in [5.74, 6) is 1.70. The Morgan fingerprint density at radius 1 is 1.13 bits per heavy atom. The van der Waals surface area contributed by atoms with Crippen LogP contribution in [0.2, 0.25) is 0 Å². The third-order valence-corrected chi connectivity index (χ3v) is 2.94. The number of hydrazine groups is 1. The van der Waals surface area contributed by atoms with Crippen molar-refractivity contribution >= 4 is 5.97 Å². The zero-order valence-electron chi connectivity index (χ0n) is 11.7. The van der Waals surface area contributed by atoms with E-state index in [1.165, 1.54) is 36.4 Å². The van der Waals surface area contributed by atoms with Crippen molar-refractivity contribution < 1.29 is 23.4 Å². The first-order chi connectivity index (χ1) is 10.9. The molecule has 0 atom stereocenters. The third kappa shape index (κ3) is 3.55. The van der Waals surface area contributed by atoms with E-state index in [-0.39, 0.29) is 17.2 Å². The van der Waals surface area contributed by atoms with Crippen LogP contribution in [0.1, 0.15) is 0 Å². The van der Waals surface area contributed by atoms with E-state index in [0.717, 1.165) is 6.07 Å². The largest absolute Gasteiger partial charge is 0.476 e. The fraction of sp³-hybridized carbons (Fsp3) is 0. The van der Waals surface area contributed by atoms with Crippen molar-refractivity contribution in [2.45, 2.75) is 0 Å². The molecule has 0 unspecified atom stereocenters. The highest BCUT2D eigenvalue weighted by atomic mass is 19.2. The number of nitrogens with one attached hydrogen (secondary N) is 1. The second kappa shape index (κ2) is 6.75. The smallest absolute Gasteiger partial charge is 0.357 e. The first-order valence-electron chi connectivity index (χ1n) is 6.36. The van der Waals surface area contributed by atoms with Gasteiger partial charge in [0.05, 0.1) is 0 Å². The van der Waals surface area contributed by atoms with Crippen LogP contribution in [-0.4, -0.2) is 11.1 Å². The van der Waals surface area contributed by atoms with Crippen LogP contribution in [-0.2, 0) is 4.79 Å². The maximum absolute atomic E-state index is 13.7. The van der Waals surface area contributed by atoms with Crippen molar-refractivity contribution in [2.24, 2.45) is 11.6 Å². The van der Waals surface area contributed by atoms with Gasteiger partial charge in [0.15, 0.2) is 17.3 Å². The lowest BCUT2D eigenvalue weighted by Crippen LogP contribution is -2.31. The Bertz CT molecular complexity index is 761. The molecule has 0 aliphatic rings. The Morgan fingerprint density at radius 3 is 2.35 bits per heavy atom. The molecule has 0 aliphatic heterocycles. The summed E-state index contributed by atoms with van der Waals surface area (Å²) in [7, 11) is 0. The number of hydrogen-bond acceptors (Lipinski definition) is 5. The SMILES string of the molecule is NN/C(Oc1ccc(-c2cccc(F)c2F)cc1)=C(\N)C(=O)O. The summed E-state index contributed by atoms with van der Waals surface area (Å²) >= 11 is 0. The summed E-state index contributed by atoms with van der Waals surface area (Å²) in [6.45, 7) is 0. The molecule has 0 spiro atoms. The maximum atomic E-state index is 13.7. The van der Waals surface area contributed by atoms with Crippen LogP contribution in [0.15, 0.2) is 54.0 Å². The Kier molecular flexibility index (Phi) is 4.77. The number of hydrogen-bond donors (Lipinski definition) is 4. The van der Waals surface area contributed by atoms with Crippen molar-refractivity contribution in [3.63, 3.8) is 0 Å². The Balaban J connectivity index is 2.28. The molecule has 0 aromatic heterocycles. The van der Waals surface area contributed by atoms with Crippen LogP contribution in [0.4, 0.5) is 8.78 Å². The summed E-state index contributed by atoms with van der Waals surface area (Å²) in [5.41, 5.74) is 7.25. The van der Waals surface area contributed by atoms with Crippen molar-refractivity contribution in [1.82, 2.24) is 5.43 Å². The zero-order chi connectivity index (χ0) is 17.0. The molecule has 8 heteroatoms. The molecule has 0 saturated carbocycles. The lowest BCUT2D eigenvalue weighted by molar-refractivity contribution is -0.132. The number of carboxylic acids is 1. The van der Waals surface area contributed by atoms with Gasteiger partial charge in [-0.25, -0.2) is 19.4 Å². The summed E-state index contributed by atoms with van der Waals surface area (Å²) in [4.78, 5) is 10.8. The molecular weight excluding hydrogens is 308 g/mol. The number of ether oxygens (including phenoxy) is 1.